The van der Waals surface area contributed by atoms with Gasteiger partial charge in [0.05, 0.1) is 0 Å². The molecule has 0 aromatic heterocycles. The lowest BCUT2D eigenvalue weighted by atomic mass is 9.53. The maximum absolute atomic E-state index is 9.85. The molecule has 1 unspecified atom stereocenters. The van der Waals surface area contributed by atoms with Crippen molar-refractivity contribution in [2.45, 2.75) is 46.0 Å². The maximum atomic E-state index is 9.85. The highest BCUT2D eigenvalue weighted by molar-refractivity contribution is 5.39. The smallest absolute Gasteiger partial charge is 0.0468 e. The van der Waals surface area contributed by atoms with Gasteiger partial charge in [-0.25, -0.2) is 0 Å². The standard InChI is InChI=1S/C17H26O/c1-12(2)17(13(3)4)15(11-18)10-9-14-7-5-6-8-16(14)17/h5-8,12-13,15,18H,9-11H2,1-4H3. The molecule has 1 aliphatic carbocycles. The van der Waals surface area contributed by atoms with Crippen LogP contribution in [0.4, 0.5) is 0 Å². The van der Waals surface area contributed by atoms with Crippen LogP contribution >= 0.6 is 0 Å². The van der Waals surface area contributed by atoms with Gasteiger partial charge < -0.3 is 5.11 Å². The zero-order valence-corrected chi connectivity index (χ0v) is 12.1. The van der Waals surface area contributed by atoms with Crippen LogP contribution in [0.5, 0.6) is 0 Å². The molecule has 0 heterocycles. The fraction of sp³-hybridized carbons (Fsp3) is 0.647. The van der Waals surface area contributed by atoms with Crippen molar-refractivity contribution >= 4 is 0 Å². The van der Waals surface area contributed by atoms with Gasteiger partial charge in [-0.3, -0.25) is 0 Å². The van der Waals surface area contributed by atoms with Crippen LogP contribution in [-0.2, 0) is 11.8 Å². The molecule has 0 aliphatic heterocycles. The maximum Gasteiger partial charge on any atom is 0.0468 e. The van der Waals surface area contributed by atoms with Crippen LogP contribution in [0.1, 0.15) is 45.2 Å². The fourth-order valence-electron chi connectivity index (χ4n) is 4.42. The summed E-state index contributed by atoms with van der Waals surface area (Å²) in [5, 5.41) is 9.85. The molecule has 18 heavy (non-hydrogen) atoms. The minimum Gasteiger partial charge on any atom is -0.396 e. The Balaban J connectivity index is 2.64. The first-order valence-corrected chi connectivity index (χ1v) is 7.24. The van der Waals surface area contributed by atoms with Crippen LogP contribution in [0.3, 0.4) is 0 Å². The van der Waals surface area contributed by atoms with Crippen LogP contribution in [0, 0.1) is 17.8 Å². The van der Waals surface area contributed by atoms with E-state index in [4.69, 9.17) is 0 Å². The summed E-state index contributed by atoms with van der Waals surface area (Å²) >= 11 is 0. The third kappa shape index (κ3) is 1.80. The molecule has 0 amide bonds. The van der Waals surface area contributed by atoms with Crippen LogP contribution in [-0.4, -0.2) is 11.7 Å². The molecule has 2 rings (SSSR count). The summed E-state index contributed by atoms with van der Waals surface area (Å²) in [6.45, 7) is 9.55. The number of benzene rings is 1. The van der Waals surface area contributed by atoms with Crippen molar-refractivity contribution in [1.29, 1.82) is 0 Å². The quantitative estimate of drug-likeness (QED) is 0.860. The van der Waals surface area contributed by atoms with Crippen LogP contribution in [0.15, 0.2) is 24.3 Å². The number of fused-ring (bicyclic) bond motifs is 1. The van der Waals surface area contributed by atoms with E-state index in [1.165, 1.54) is 11.1 Å². The van der Waals surface area contributed by atoms with E-state index >= 15 is 0 Å². The SMILES string of the molecule is CC(C)C1(C(C)C)c2ccccc2CCC1CO. The first-order chi connectivity index (χ1) is 8.55. The van der Waals surface area contributed by atoms with Crippen molar-refractivity contribution in [3.63, 3.8) is 0 Å². The van der Waals surface area contributed by atoms with E-state index in [1.807, 2.05) is 0 Å². The molecule has 0 saturated carbocycles. The highest BCUT2D eigenvalue weighted by Gasteiger charge is 2.48. The Bertz CT molecular complexity index is 398. The molecule has 1 aliphatic rings. The number of hydrogen-bond acceptors (Lipinski definition) is 1. The second-order valence-corrected chi connectivity index (χ2v) is 6.32. The highest BCUT2D eigenvalue weighted by atomic mass is 16.3. The van der Waals surface area contributed by atoms with Crippen LogP contribution in [0.25, 0.3) is 0 Å². The molecule has 0 spiro atoms. The van der Waals surface area contributed by atoms with Gasteiger partial charge in [0.2, 0.25) is 0 Å². The number of aliphatic hydroxyl groups excluding tert-OH is 1. The second kappa shape index (κ2) is 5.05. The van der Waals surface area contributed by atoms with Gasteiger partial charge in [-0.05, 0) is 41.7 Å². The third-order valence-corrected chi connectivity index (χ3v) is 5.05. The van der Waals surface area contributed by atoms with E-state index in [-0.39, 0.29) is 5.41 Å². The number of hydrogen-bond donors (Lipinski definition) is 1. The molecule has 1 atom stereocenters. The molecule has 100 valence electrons. The van der Waals surface area contributed by atoms with Crippen molar-refractivity contribution in [3.05, 3.63) is 35.4 Å². The minimum absolute atomic E-state index is 0.129. The van der Waals surface area contributed by atoms with Crippen molar-refractivity contribution in [1.82, 2.24) is 0 Å². The van der Waals surface area contributed by atoms with Gasteiger partial charge in [-0.15, -0.1) is 0 Å². The van der Waals surface area contributed by atoms with Crippen LogP contribution in [0.2, 0.25) is 0 Å². The highest BCUT2D eigenvalue weighted by Crippen LogP contribution is 2.51. The average Bonchev–Trinajstić information content (AvgIpc) is 2.36. The summed E-state index contributed by atoms with van der Waals surface area (Å²) < 4.78 is 0. The number of aryl methyl sites for hydroxylation is 1. The molecule has 1 heteroatoms. The van der Waals surface area contributed by atoms with Gasteiger partial charge in [0.1, 0.15) is 0 Å². The summed E-state index contributed by atoms with van der Waals surface area (Å²) in [6, 6.07) is 8.85. The number of rotatable bonds is 3. The van der Waals surface area contributed by atoms with Gasteiger partial charge >= 0.3 is 0 Å². The van der Waals surface area contributed by atoms with E-state index in [0.717, 1.165) is 12.8 Å². The van der Waals surface area contributed by atoms with Crippen molar-refractivity contribution in [2.75, 3.05) is 6.61 Å². The molecule has 0 bridgehead atoms. The molecule has 0 radical (unpaired) electrons. The van der Waals surface area contributed by atoms with E-state index < -0.39 is 0 Å². The summed E-state index contributed by atoms with van der Waals surface area (Å²) in [4.78, 5) is 0. The molecular formula is C17H26O. The topological polar surface area (TPSA) is 20.2 Å². The Hall–Kier alpha value is -0.820. The molecular weight excluding hydrogens is 220 g/mol. The average molecular weight is 246 g/mol. The number of aliphatic hydroxyl groups is 1. The predicted octanol–water partition coefficient (Wildman–Crippen LogP) is 3.79. The van der Waals surface area contributed by atoms with E-state index in [2.05, 4.69) is 52.0 Å². The summed E-state index contributed by atoms with van der Waals surface area (Å²) in [7, 11) is 0. The molecule has 1 aromatic rings. The lowest BCUT2D eigenvalue weighted by Gasteiger charge is -2.51. The Morgan fingerprint density at radius 3 is 2.33 bits per heavy atom. The summed E-state index contributed by atoms with van der Waals surface area (Å²) in [6.07, 6.45) is 2.23. The summed E-state index contributed by atoms with van der Waals surface area (Å²) in [5.74, 6) is 1.50. The lowest BCUT2D eigenvalue weighted by Crippen LogP contribution is -2.49. The summed E-state index contributed by atoms with van der Waals surface area (Å²) in [5.41, 5.74) is 3.11. The van der Waals surface area contributed by atoms with Gasteiger partial charge in [-0.2, -0.15) is 0 Å². The largest absolute Gasteiger partial charge is 0.396 e. The Kier molecular flexibility index (Phi) is 3.82. The van der Waals surface area contributed by atoms with E-state index in [1.54, 1.807) is 0 Å². The van der Waals surface area contributed by atoms with Crippen molar-refractivity contribution in [3.8, 4) is 0 Å². The van der Waals surface area contributed by atoms with Gasteiger partial charge in [0, 0.05) is 12.0 Å². The second-order valence-electron chi connectivity index (χ2n) is 6.32. The Morgan fingerprint density at radius 2 is 1.78 bits per heavy atom. The normalized spacial score (nSPS) is 22.3. The lowest BCUT2D eigenvalue weighted by molar-refractivity contribution is 0.0573. The Labute approximate surface area is 111 Å². The monoisotopic (exact) mass is 246 g/mol. The first-order valence-electron chi connectivity index (χ1n) is 7.24. The van der Waals surface area contributed by atoms with Gasteiger partial charge in [-0.1, -0.05) is 52.0 Å². The predicted molar refractivity (Wildman–Crippen MR) is 76.7 cm³/mol. The van der Waals surface area contributed by atoms with E-state index in [9.17, 15) is 5.11 Å². The van der Waals surface area contributed by atoms with Gasteiger partial charge in [0.25, 0.3) is 0 Å². The zero-order valence-electron chi connectivity index (χ0n) is 12.1. The van der Waals surface area contributed by atoms with Crippen molar-refractivity contribution in [2.24, 2.45) is 17.8 Å². The molecule has 0 saturated heterocycles. The molecule has 1 aromatic carbocycles. The Morgan fingerprint density at radius 1 is 1.17 bits per heavy atom. The minimum atomic E-state index is 0.129. The first kappa shape index (κ1) is 13.6. The fourth-order valence-corrected chi connectivity index (χ4v) is 4.42. The molecule has 0 fully saturated rings. The van der Waals surface area contributed by atoms with Crippen LogP contribution < -0.4 is 0 Å². The third-order valence-electron chi connectivity index (χ3n) is 5.05. The molecule has 1 nitrogen and oxygen atoms in total. The molecule has 1 N–H and O–H groups in total. The van der Waals surface area contributed by atoms with Crippen molar-refractivity contribution < 1.29 is 5.11 Å². The zero-order chi connectivity index (χ0) is 13.3. The van der Waals surface area contributed by atoms with Gasteiger partial charge in [0.15, 0.2) is 0 Å². The van der Waals surface area contributed by atoms with E-state index in [0.29, 0.717) is 24.4 Å².